The molecule has 0 heterocycles. The van der Waals surface area contributed by atoms with Crippen molar-refractivity contribution in [1.82, 2.24) is 0 Å². The lowest BCUT2D eigenvalue weighted by molar-refractivity contribution is 0.102. The number of nitrogens with one attached hydrogen (secondary N) is 1. The summed E-state index contributed by atoms with van der Waals surface area (Å²) in [6, 6.07) is 21.4. The normalized spacial score (nSPS) is 10.3. The minimum Gasteiger partial charge on any atom is -0.489 e. The van der Waals surface area contributed by atoms with Crippen molar-refractivity contribution in [2.24, 2.45) is 0 Å². The van der Waals surface area contributed by atoms with Crippen LogP contribution in [0.1, 0.15) is 15.9 Å². The number of ether oxygens (including phenoxy) is 1. The smallest absolute Gasteiger partial charge is 0.255 e. The van der Waals surface area contributed by atoms with Gasteiger partial charge in [0.15, 0.2) is 0 Å². The summed E-state index contributed by atoms with van der Waals surface area (Å²) in [6.07, 6.45) is 0. The molecule has 0 fully saturated rings. The second kappa shape index (κ2) is 8.06. The maximum absolute atomic E-state index is 12.4. The molecule has 0 saturated carbocycles. The van der Waals surface area contributed by atoms with Crippen LogP contribution >= 0.6 is 23.2 Å². The quantitative estimate of drug-likeness (QED) is 0.612. The molecule has 0 aliphatic carbocycles. The van der Waals surface area contributed by atoms with Gasteiger partial charge in [0.1, 0.15) is 12.4 Å². The monoisotopic (exact) mass is 371 g/mol. The van der Waals surface area contributed by atoms with Gasteiger partial charge in [0, 0.05) is 21.3 Å². The lowest BCUT2D eigenvalue weighted by Crippen LogP contribution is -2.11. The molecule has 3 rings (SSSR count). The lowest BCUT2D eigenvalue weighted by Gasteiger charge is -2.09. The molecule has 0 aliphatic heterocycles. The van der Waals surface area contributed by atoms with Crippen molar-refractivity contribution in [3.63, 3.8) is 0 Å². The minimum atomic E-state index is -0.212. The molecule has 0 aromatic heterocycles. The number of benzene rings is 3. The fraction of sp³-hybridized carbons (Fsp3) is 0.0500. The first kappa shape index (κ1) is 17.3. The Morgan fingerprint density at radius 1 is 0.880 bits per heavy atom. The number of hydrogen-bond donors (Lipinski definition) is 1. The molecular weight excluding hydrogens is 357 g/mol. The van der Waals surface area contributed by atoms with E-state index < -0.39 is 0 Å². The van der Waals surface area contributed by atoms with Crippen LogP contribution in [0.5, 0.6) is 5.75 Å². The molecule has 0 saturated heterocycles. The Bertz CT molecular complexity index is 879. The van der Waals surface area contributed by atoms with Crippen molar-refractivity contribution in [1.29, 1.82) is 0 Å². The van der Waals surface area contributed by atoms with Crippen molar-refractivity contribution in [2.75, 3.05) is 5.32 Å². The van der Waals surface area contributed by atoms with E-state index in [1.165, 1.54) is 0 Å². The van der Waals surface area contributed by atoms with E-state index in [9.17, 15) is 4.79 Å². The fourth-order valence-corrected chi connectivity index (χ4v) is 2.60. The van der Waals surface area contributed by atoms with Crippen LogP contribution in [0.4, 0.5) is 5.69 Å². The van der Waals surface area contributed by atoms with Crippen LogP contribution < -0.4 is 10.1 Å². The fourth-order valence-electron chi connectivity index (χ4n) is 2.26. The van der Waals surface area contributed by atoms with Gasteiger partial charge in [-0.3, -0.25) is 4.79 Å². The Balaban J connectivity index is 1.66. The van der Waals surface area contributed by atoms with E-state index in [4.69, 9.17) is 27.9 Å². The third kappa shape index (κ3) is 4.99. The van der Waals surface area contributed by atoms with Gasteiger partial charge in [0.25, 0.3) is 5.91 Å². The third-order valence-corrected chi connectivity index (χ3v) is 3.98. The van der Waals surface area contributed by atoms with E-state index in [-0.39, 0.29) is 5.91 Å². The number of anilines is 1. The number of rotatable bonds is 5. The second-order valence-corrected chi connectivity index (χ2v) is 6.28. The van der Waals surface area contributed by atoms with E-state index in [0.29, 0.717) is 33.7 Å². The zero-order valence-electron chi connectivity index (χ0n) is 13.2. The van der Waals surface area contributed by atoms with Gasteiger partial charge >= 0.3 is 0 Å². The molecule has 3 nitrogen and oxygen atoms in total. The van der Waals surface area contributed by atoms with Gasteiger partial charge in [0.05, 0.1) is 0 Å². The summed E-state index contributed by atoms with van der Waals surface area (Å²) < 4.78 is 5.75. The highest BCUT2D eigenvalue weighted by Crippen LogP contribution is 2.19. The van der Waals surface area contributed by atoms with Crippen LogP contribution in [0.2, 0.25) is 10.0 Å². The molecule has 0 atom stereocenters. The Kier molecular flexibility index (Phi) is 5.59. The summed E-state index contributed by atoms with van der Waals surface area (Å²) in [5, 5.41) is 4.11. The van der Waals surface area contributed by atoms with Gasteiger partial charge in [-0.25, -0.2) is 0 Å². The van der Waals surface area contributed by atoms with Crippen LogP contribution in [-0.2, 0) is 6.61 Å². The van der Waals surface area contributed by atoms with E-state index in [0.717, 1.165) is 5.56 Å². The summed E-state index contributed by atoms with van der Waals surface area (Å²) in [6.45, 7) is 0.378. The first-order valence-corrected chi connectivity index (χ1v) is 8.40. The van der Waals surface area contributed by atoms with Gasteiger partial charge in [-0.05, 0) is 60.2 Å². The molecule has 3 aromatic rings. The second-order valence-electron chi connectivity index (χ2n) is 5.41. The Morgan fingerprint density at radius 2 is 1.64 bits per heavy atom. The topological polar surface area (TPSA) is 38.3 Å². The van der Waals surface area contributed by atoms with Crippen LogP contribution in [0, 0.1) is 0 Å². The molecule has 1 N–H and O–H groups in total. The maximum Gasteiger partial charge on any atom is 0.255 e. The average molecular weight is 372 g/mol. The summed E-state index contributed by atoms with van der Waals surface area (Å²) in [7, 11) is 0. The molecule has 5 heteroatoms. The standard InChI is InChI=1S/C20H15Cl2NO2/c21-16-7-9-18(10-8-16)23-20(24)15-4-2-6-19(12-15)25-13-14-3-1-5-17(22)11-14/h1-12H,13H2,(H,23,24). The number of carbonyl (C=O) groups excluding carboxylic acids is 1. The molecule has 0 radical (unpaired) electrons. The van der Waals surface area contributed by atoms with Crippen molar-refractivity contribution in [3.8, 4) is 5.75 Å². The predicted molar refractivity (Wildman–Crippen MR) is 102 cm³/mol. The molecule has 0 unspecified atom stereocenters. The van der Waals surface area contributed by atoms with Gasteiger partial charge in [-0.1, -0.05) is 41.4 Å². The molecular formula is C20H15Cl2NO2. The zero-order chi connectivity index (χ0) is 17.6. The first-order valence-electron chi connectivity index (χ1n) is 7.64. The first-order chi connectivity index (χ1) is 12.1. The van der Waals surface area contributed by atoms with Crippen LogP contribution in [0.3, 0.4) is 0 Å². The molecule has 1 amide bonds. The lowest BCUT2D eigenvalue weighted by atomic mass is 10.2. The summed E-state index contributed by atoms with van der Waals surface area (Å²) in [5.74, 6) is 0.402. The van der Waals surface area contributed by atoms with Crippen molar-refractivity contribution in [2.45, 2.75) is 6.61 Å². The summed E-state index contributed by atoms with van der Waals surface area (Å²) >= 11 is 11.8. The molecule has 0 aliphatic rings. The number of halogens is 2. The van der Waals surface area contributed by atoms with Gasteiger partial charge in [-0.2, -0.15) is 0 Å². The third-order valence-electron chi connectivity index (χ3n) is 3.49. The van der Waals surface area contributed by atoms with Gasteiger partial charge < -0.3 is 10.1 Å². The van der Waals surface area contributed by atoms with E-state index >= 15 is 0 Å². The largest absolute Gasteiger partial charge is 0.489 e. The summed E-state index contributed by atoms with van der Waals surface area (Å²) in [4.78, 5) is 12.4. The van der Waals surface area contributed by atoms with E-state index in [1.54, 1.807) is 42.5 Å². The number of amides is 1. The maximum atomic E-state index is 12.4. The van der Waals surface area contributed by atoms with Gasteiger partial charge in [-0.15, -0.1) is 0 Å². The minimum absolute atomic E-state index is 0.212. The zero-order valence-corrected chi connectivity index (χ0v) is 14.7. The van der Waals surface area contributed by atoms with Crippen LogP contribution in [0.25, 0.3) is 0 Å². The predicted octanol–water partition coefficient (Wildman–Crippen LogP) is 5.82. The Morgan fingerprint density at radius 3 is 2.40 bits per heavy atom. The van der Waals surface area contributed by atoms with Crippen molar-refractivity contribution >= 4 is 34.8 Å². The molecule has 0 bridgehead atoms. The van der Waals surface area contributed by atoms with Crippen molar-refractivity contribution < 1.29 is 9.53 Å². The molecule has 0 spiro atoms. The number of carbonyl (C=O) groups is 1. The van der Waals surface area contributed by atoms with E-state index in [1.807, 2.05) is 30.3 Å². The van der Waals surface area contributed by atoms with E-state index in [2.05, 4.69) is 5.32 Å². The molecule has 25 heavy (non-hydrogen) atoms. The molecule has 126 valence electrons. The average Bonchev–Trinajstić information content (AvgIpc) is 2.62. The molecule has 3 aromatic carbocycles. The summed E-state index contributed by atoms with van der Waals surface area (Å²) in [5.41, 5.74) is 2.15. The highest BCUT2D eigenvalue weighted by molar-refractivity contribution is 6.30. The SMILES string of the molecule is O=C(Nc1ccc(Cl)cc1)c1cccc(OCc2cccc(Cl)c2)c1. The van der Waals surface area contributed by atoms with Crippen LogP contribution in [-0.4, -0.2) is 5.91 Å². The highest BCUT2D eigenvalue weighted by Gasteiger charge is 2.07. The Labute approximate surface area is 156 Å². The van der Waals surface area contributed by atoms with Crippen molar-refractivity contribution in [3.05, 3.63) is 94.0 Å². The van der Waals surface area contributed by atoms with Crippen LogP contribution in [0.15, 0.2) is 72.8 Å². The highest BCUT2D eigenvalue weighted by atomic mass is 35.5. The Hall–Kier alpha value is -2.49. The number of hydrogen-bond acceptors (Lipinski definition) is 2. The van der Waals surface area contributed by atoms with Gasteiger partial charge in [0.2, 0.25) is 0 Å².